The van der Waals surface area contributed by atoms with E-state index in [0.717, 1.165) is 18.9 Å². The summed E-state index contributed by atoms with van der Waals surface area (Å²) in [6.45, 7) is 9.39. The van der Waals surface area contributed by atoms with Crippen molar-refractivity contribution in [3.63, 3.8) is 0 Å². The van der Waals surface area contributed by atoms with E-state index in [0.29, 0.717) is 11.8 Å². The molecule has 3 nitrogen and oxygen atoms in total. The van der Waals surface area contributed by atoms with Gasteiger partial charge in [-0.2, -0.15) is 0 Å². The van der Waals surface area contributed by atoms with Crippen molar-refractivity contribution in [2.45, 2.75) is 26.7 Å². The summed E-state index contributed by atoms with van der Waals surface area (Å²) in [6.07, 6.45) is 2.51. The predicted octanol–water partition coefficient (Wildman–Crippen LogP) is 2.68. The number of ether oxygens (including phenoxy) is 1. The van der Waals surface area contributed by atoms with Crippen LogP contribution in [0.5, 0.6) is 5.75 Å². The molecule has 0 spiro atoms. The van der Waals surface area contributed by atoms with E-state index in [9.17, 15) is 0 Å². The molecule has 1 unspecified atom stereocenters. The van der Waals surface area contributed by atoms with Gasteiger partial charge in [-0.1, -0.05) is 24.6 Å². The fraction of sp³-hybridized carbons (Fsp3) is 0.647. The second kappa shape index (κ2) is 7.65. The Morgan fingerprint density at radius 3 is 2.45 bits per heavy atom. The minimum absolute atomic E-state index is 0.482. The quantitative estimate of drug-likeness (QED) is 0.868. The Morgan fingerprint density at radius 1 is 1.25 bits per heavy atom. The topological polar surface area (TPSA) is 38.5 Å². The van der Waals surface area contributed by atoms with Crippen molar-refractivity contribution in [1.82, 2.24) is 4.90 Å². The molecule has 0 amide bonds. The van der Waals surface area contributed by atoms with Gasteiger partial charge in [0.15, 0.2) is 0 Å². The van der Waals surface area contributed by atoms with E-state index in [1.54, 1.807) is 0 Å². The lowest BCUT2D eigenvalue weighted by Gasteiger charge is -2.35. The van der Waals surface area contributed by atoms with Crippen LogP contribution in [0.2, 0.25) is 0 Å². The molecule has 1 aromatic carbocycles. The number of piperidine rings is 1. The highest BCUT2D eigenvalue weighted by atomic mass is 16.5. The van der Waals surface area contributed by atoms with Crippen LogP contribution in [0.4, 0.5) is 0 Å². The minimum Gasteiger partial charge on any atom is -0.493 e. The molecular weight excluding hydrogens is 248 g/mol. The zero-order chi connectivity index (χ0) is 14.4. The van der Waals surface area contributed by atoms with Gasteiger partial charge in [0, 0.05) is 5.92 Å². The summed E-state index contributed by atoms with van der Waals surface area (Å²) >= 11 is 0. The molecule has 2 rings (SSSR count). The maximum Gasteiger partial charge on any atom is 0.119 e. The molecule has 0 saturated carbocycles. The molecule has 1 aliphatic rings. The molecule has 1 fully saturated rings. The number of hydrogen-bond acceptors (Lipinski definition) is 3. The van der Waals surface area contributed by atoms with E-state index in [4.69, 9.17) is 10.5 Å². The van der Waals surface area contributed by atoms with E-state index >= 15 is 0 Å². The summed E-state index contributed by atoms with van der Waals surface area (Å²) in [5, 5.41) is 0. The van der Waals surface area contributed by atoms with Crippen LogP contribution in [-0.2, 0) is 0 Å². The molecule has 1 heterocycles. The molecule has 1 saturated heterocycles. The Hall–Kier alpha value is -1.06. The highest BCUT2D eigenvalue weighted by Gasteiger charge is 2.25. The molecule has 0 bridgehead atoms. The molecular formula is C17H28N2O. The van der Waals surface area contributed by atoms with Crippen molar-refractivity contribution in [2.75, 3.05) is 32.8 Å². The Balaban J connectivity index is 1.81. The number of aryl methyl sites for hydroxylation is 1. The molecule has 112 valence electrons. The van der Waals surface area contributed by atoms with Gasteiger partial charge in [-0.3, -0.25) is 0 Å². The largest absolute Gasteiger partial charge is 0.493 e. The highest BCUT2D eigenvalue weighted by Crippen LogP contribution is 2.25. The highest BCUT2D eigenvalue weighted by molar-refractivity contribution is 5.26. The molecule has 1 atom stereocenters. The maximum atomic E-state index is 5.97. The molecule has 20 heavy (non-hydrogen) atoms. The van der Waals surface area contributed by atoms with Crippen LogP contribution in [0.1, 0.15) is 25.3 Å². The van der Waals surface area contributed by atoms with E-state index in [-0.39, 0.29) is 0 Å². The summed E-state index contributed by atoms with van der Waals surface area (Å²) in [5.74, 6) is 2.16. The van der Waals surface area contributed by atoms with Crippen LogP contribution < -0.4 is 10.5 Å². The second-order valence-corrected chi connectivity index (χ2v) is 5.89. The lowest BCUT2D eigenvalue weighted by atomic mass is 9.84. The normalized spacial score (nSPS) is 18.9. The third-order valence-corrected chi connectivity index (χ3v) is 4.53. The Labute approximate surface area is 123 Å². The first-order valence-corrected chi connectivity index (χ1v) is 7.84. The Morgan fingerprint density at radius 2 is 1.90 bits per heavy atom. The maximum absolute atomic E-state index is 5.97. The molecule has 0 aromatic heterocycles. The molecule has 0 aliphatic carbocycles. The first-order chi connectivity index (χ1) is 9.72. The molecule has 2 N–H and O–H groups in total. The first-order valence-electron chi connectivity index (χ1n) is 7.84. The number of rotatable bonds is 6. The Bertz CT molecular complexity index is 382. The van der Waals surface area contributed by atoms with E-state index < -0.39 is 0 Å². The molecule has 1 aromatic rings. The number of nitrogens with two attached hydrogens (primary N) is 1. The van der Waals surface area contributed by atoms with Crippen LogP contribution in [0.3, 0.4) is 0 Å². The van der Waals surface area contributed by atoms with Crippen molar-refractivity contribution < 1.29 is 4.74 Å². The number of nitrogens with zero attached hydrogens (tertiary/aromatic N) is 1. The summed E-state index contributed by atoms with van der Waals surface area (Å²) in [7, 11) is 0. The van der Waals surface area contributed by atoms with Crippen molar-refractivity contribution in [1.29, 1.82) is 0 Å². The SMILES string of the molecule is CCN1CCC(C(CN)COc2ccc(C)cc2)CC1. The van der Waals surface area contributed by atoms with Gasteiger partial charge in [0.25, 0.3) is 0 Å². The minimum atomic E-state index is 0.482. The van der Waals surface area contributed by atoms with Crippen LogP contribution in [0.25, 0.3) is 0 Å². The predicted molar refractivity (Wildman–Crippen MR) is 84.1 cm³/mol. The average Bonchev–Trinajstić information content (AvgIpc) is 2.50. The molecule has 0 radical (unpaired) electrons. The van der Waals surface area contributed by atoms with E-state index in [1.807, 2.05) is 12.1 Å². The van der Waals surface area contributed by atoms with Gasteiger partial charge in [-0.25, -0.2) is 0 Å². The van der Waals surface area contributed by atoms with Gasteiger partial charge >= 0.3 is 0 Å². The number of likely N-dealkylation sites (tertiary alicyclic amines) is 1. The average molecular weight is 276 g/mol. The van der Waals surface area contributed by atoms with Gasteiger partial charge in [0.05, 0.1) is 6.61 Å². The zero-order valence-electron chi connectivity index (χ0n) is 12.8. The van der Waals surface area contributed by atoms with E-state index in [1.165, 1.54) is 38.0 Å². The van der Waals surface area contributed by atoms with Crippen LogP contribution >= 0.6 is 0 Å². The third-order valence-electron chi connectivity index (χ3n) is 4.53. The van der Waals surface area contributed by atoms with Gasteiger partial charge in [-0.05, 0) is 64.0 Å². The smallest absolute Gasteiger partial charge is 0.119 e. The van der Waals surface area contributed by atoms with Gasteiger partial charge in [0.1, 0.15) is 5.75 Å². The van der Waals surface area contributed by atoms with Crippen molar-refractivity contribution in [3.8, 4) is 5.75 Å². The summed E-state index contributed by atoms with van der Waals surface area (Å²) < 4.78 is 5.93. The fourth-order valence-electron chi connectivity index (χ4n) is 2.97. The fourth-order valence-corrected chi connectivity index (χ4v) is 2.97. The summed E-state index contributed by atoms with van der Waals surface area (Å²) in [4.78, 5) is 2.52. The van der Waals surface area contributed by atoms with Gasteiger partial charge in [-0.15, -0.1) is 0 Å². The Kier molecular flexibility index (Phi) is 5.86. The van der Waals surface area contributed by atoms with Gasteiger partial charge in [0.2, 0.25) is 0 Å². The third kappa shape index (κ3) is 4.22. The summed E-state index contributed by atoms with van der Waals surface area (Å²) in [6, 6.07) is 8.27. The van der Waals surface area contributed by atoms with Crippen LogP contribution in [0, 0.1) is 18.8 Å². The number of benzene rings is 1. The molecule has 3 heteroatoms. The summed E-state index contributed by atoms with van der Waals surface area (Å²) in [5.41, 5.74) is 7.23. The van der Waals surface area contributed by atoms with Crippen LogP contribution in [-0.4, -0.2) is 37.7 Å². The van der Waals surface area contributed by atoms with Gasteiger partial charge < -0.3 is 15.4 Å². The lowest BCUT2D eigenvalue weighted by molar-refractivity contribution is 0.121. The lowest BCUT2D eigenvalue weighted by Crippen LogP contribution is -2.39. The second-order valence-electron chi connectivity index (χ2n) is 5.89. The molecule has 1 aliphatic heterocycles. The zero-order valence-corrected chi connectivity index (χ0v) is 12.8. The number of hydrogen-bond donors (Lipinski definition) is 1. The first kappa shape index (κ1) is 15.3. The van der Waals surface area contributed by atoms with E-state index in [2.05, 4.69) is 30.9 Å². The monoisotopic (exact) mass is 276 g/mol. The van der Waals surface area contributed by atoms with Crippen molar-refractivity contribution in [2.24, 2.45) is 17.6 Å². The van der Waals surface area contributed by atoms with Crippen LogP contribution in [0.15, 0.2) is 24.3 Å². The van der Waals surface area contributed by atoms with Crippen molar-refractivity contribution >= 4 is 0 Å². The van der Waals surface area contributed by atoms with Crippen molar-refractivity contribution in [3.05, 3.63) is 29.8 Å². The standard InChI is InChI=1S/C17H28N2O/c1-3-19-10-8-15(9-11-19)16(12-18)13-20-17-6-4-14(2)5-7-17/h4-7,15-16H,3,8-13,18H2,1-2H3.